The highest BCUT2D eigenvalue weighted by atomic mass is 79.9. The van der Waals surface area contributed by atoms with Crippen LogP contribution in [0.2, 0.25) is 0 Å². The summed E-state index contributed by atoms with van der Waals surface area (Å²) in [5, 5.41) is 3.70. The molecule has 0 radical (unpaired) electrons. The maximum Gasteiger partial charge on any atom is 0.272 e. The van der Waals surface area contributed by atoms with Gasteiger partial charge in [0.2, 0.25) is 10.0 Å². The van der Waals surface area contributed by atoms with Crippen molar-refractivity contribution in [3.63, 3.8) is 0 Å². The topological polar surface area (TPSA) is 143 Å². The first kappa shape index (κ1) is 27.2. The van der Waals surface area contributed by atoms with Gasteiger partial charge in [0.05, 0.1) is 11.9 Å². The monoisotopic (exact) mass is 598 g/mol. The average Bonchev–Trinajstić information content (AvgIpc) is 3.25. The Kier molecular flexibility index (Phi) is 7.52. The highest BCUT2D eigenvalue weighted by molar-refractivity contribution is 9.10. The molecule has 0 saturated heterocycles. The lowest BCUT2D eigenvalue weighted by atomic mass is 9.78. The van der Waals surface area contributed by atoms with E-state index in [0.29, 0.717) is 28.3 Å². The van der Waals surface area contributed by atoms with Crippen LogP contribution in [0.25, 0.3) is 10.9 Å². The number of anilines is 2. The lowest BCUT2D eigenvalue weighted by molar-refractivity contribution is -0.119. The molecule has 0 saturated carbocycles. The molecule has 0 aliphatic heterocycles. The molecule has 0 aliphatic rings. The third-order valence-electron chi connectivity index (χ3n) is 5.98. The molecule has 1 aromatic heterocycles. The normalized spacial score (nSPS) is 11.8. The number of benzene rings is 3. The summed E-state index contributed by atoms with van der Waals surface area (Å²) in [4.78, 5) is 27.2. The van der Waals surface area contributed by atoms with Crippen LogP contribution in [0.15, 0.2) is 71.2 Å². The first-order valence-corrected chi connectivity index (χ1v) is 14.2. The van der Waals surface area contributed by atoms with Gasteiger partial charge in [-0.25, -0.2) is 8.42 Å². The van der Waals surface area contributed by atoms with Crippen molar-refractivity contribution in [1.29, 1.82) is 0 Å². The number of H-pyrrole nitrogens is 1. The number of amides is 2. The average molecular weight is 600 g/mol. The highest BCUT2D eigenvalue weighted by Crippen LogP contribution is 2.36. The maximum atomic E-state index is 13.1. The summed E-state index contributed by atoms with van der Waals surface area (Å²) in [6.07, 6.45) is 1.08. The SMILES string of the molecule is CC(C)(c1cc(Br)cc(NC(=O)c2cc3ccc(NS(C)(=O)=O)cc3[nH]2)c1)c1cccc(OCC(N)=O)c1. The lowest BCUT2D eigenvalue weighted by Gasteiger charge is -2.27. The van der Waals surface area contributed by atoms with E-state index in [-0.39, 0.29) is 12.5 Å². The lowest BCUT2D eigenvalue weighted by Crippen LogP contribution is -2.21. The van der Waals surface area contributed by atoms with Gasteiger partial charge in [0.25, 0.3) is 11.8 Å². The molecule has 1 heterocycles. The number of rotatable bonds is 9. The second-order valence-corrected chi connectivity index (χ2v) is 12.1. The molecule has 198 valence electrons. The van der Waals surface area contributed by atoms with E-state index in [4.69, 9.17) is 10.5 Å². The number of aromatic amines is 1. The number of aromatic nitrogens is 1. The van der Waals surface area contributed by atoms with Crippen molar-refractivity contribution in [3.05, 3.63) is 88.0 Å². The van der Waals surface area contributed by atoms with Crippen LogP contribution in [0, 0.1) is 0 Å². The Morgan fingerprint density at radius 3 is 2.47 bits per heavy atom. The Bertz CT molecular complexity index is 1650. The summed E-state index contributed by atoms with van der Waals surface area (Å²) in [5.41, 5.74) is 8.54. The molecule has 9 nitrogen and oxygen atoms in total. The van der Waals surface area contributed by atoms with Gasteiger partial charge in [-0.05, 0) is 59.7 Å². The van der Waals surface area contributed by atoms with Crippen molar-refractivity contribution in [2.45, 2.75) is 19.3 Å². The third kappa shape index (κ3) is 6.53. The number of nitrogens with one attached hydrogen (secondary N) is 3. The third-order valence-corrected chi connectivity index (χ3v) is 7.05. The first-order valence-electron chi connectivity index (χ1n) is 11.5. The number of primary amides is 1. The van der Waals surface area contributed by atoms with Crippen LogP contribution in [0.3, 0.4) is 0 Å². The summed E-state index contributed by atoms with van der Waals surface area (Å²) < 4.78 is 31.7. The molecule has 2 amide bonds. The molecule has 0 fully saturated rings. The molecule has 5 N–H and O–H groups in total. The zero-order valence-electron chi connectivity index (χ0n) is 21.0. The molecule has 38 heavy (non-hydrogen) atoms. The molecule has 0 aliphatic carbocycles. The van der Waals surface area contributed by atoms with Crippen LogP contribution in [-0.4, -0.2) is 38.1 Å². The predicted octanol–water partition coefficient (Wildman–Crippen LogP) is 4.74. The largest absolute Gasteiger partial charge is 0.484 e. The number of halogens is 1. The van der Waals surface area contributed by atoms with Crippen molar-refractivity contribution in [1.82, 2.24) is 4.98 Å². The van der Waals surface area contributed by atoms with Crippen molar-refractivity contribution in [2.75, 3.05) is 22.9 Å². The van der Waals surface area contributed by atoms with Crippen molar-refractivity contribution >= 4 is 60.0 Å². The Balaban J connectivity index is 1.58. The van der Waals surface area contributed by atoms with Gasteiger partial charge in [-0.2, -0.15) is 0 Å². The molecule has 4 aromatic rings. The fraction of sp³-hybridized carbons (Fsp3) is 0.185. The van der Waals surface area contributed by atoms with E-state index in [9.17, 15) is 18.0 Å². The summed E-state index contributed by atoms with van der Waals surface area (Å²) in [6, 6.07) is 19.8. The van der Waals surface area contributed by atoms with Gasteiger partial charge in [0.1, 0.15) is 11.4 Å². The summed E-state index contributed by atoms with van der Waals surface area (Å²) in [5.74, 6) is -0.364. The number of hydrogen-bond donors (Lipinski definition) is 4. The van der Waals surface area contributed by atoms with E-state index in [1.807, 2.05) is 44.2 Å². The number of carbonyl (C=O) groups excluding carboxylic acids is 2. The quantitative estimate of drug-likeness (QED) is 0.220. The molecule has 3 aromatic carbocycles. The molecule has 0 spiro atoms. The van der Waals surface area contributed by atoms with E-state index < -0.39 is 21.3 Å². The Morgan fingerprint density at radius 1 is 1.00 bits per heavy atom. The Morgan fingerprint density at radius 2 is 1.76 bits per heavy atom. The van der Waals surface area contributed by atoms with E-state index >= 15 is 0 Å². The van der Waals surface area contributed by atoms with Crippen LogP contribution >= 0.6 is 15.9 Å². The van der Waals surface area contributed by atoms with Gasteiger partial charge >= 0.3 is 0 Å². The second-order valence-electron chi connectivity index (χ2n) is 9.45. The van der Waals surface area contributed by atoms with Crippen molar-refractivity contribution < 1.29 is 22.7 Å². The van der Waals surface area contributed by atoms with Crippen molar-refractivity contribution in [2.24, 2.45) is 5.73 Å². The Labute approximate surface area is 228 Å². The fourth-order valence-corrected chi connectivity index (χ4v) is 5.09. The number of carbonyl (C=O) groups is 2. The van der Waals surface area contributed by atoms with Crippen LogP contribution in [0.4, 0.5) is 11.4 Å². The fourth-order valence-electron chi connectivity index (χ4n) is 4.04. The van der Waals surface area contributed by atoms with Gasteiger partial charge in [-0.1, -0.05) is 48.0 Å². The number of hydrogen-bond acceptors (Lipinski definition) is 5. The first-order chi connectivity index (χ1) is 17.8. The van der Waals surface area contributed by atoms with Crippen LogP contribution in [-0.2, 0) is 20.2 Å². The molecular formula is C27H27BrN4O5S. The van der Waals surface area contributed by atoms with Gasteiger partial charge in [-0.3, -0.25) is 14.3 Å². The maximum absolute atomic E-state index is 13.1. The van der Waals surface area contributed by atoms with Crippen LogP contribution in [0.1, 0.15) is 35.5 Å². The van der Waals surface area contributed by atoms with E-state index in [2.05, 4.69) is 31.0 Å². The smallest absolute Gasteiger partial charge is 0.272 e. The summed E-state index contributed by atoms with van der Waals surface area (Å²) >= 11 is 3.55. The molecule has 0 atom stereocenters. The highest BCUT2D eigenvalue weighted by Gasteiger charge is 2.25. The van der Waals surface area contributed by atoms with Crippen molar-refractivity contribution in [3.8, 4) is 5.75 Å². The van der Waals surface area contributed by atoms with Crippen LogP contribution in [0.5, 0.6) is 5.75 Å². The minimum Gasteiger partial charge on any atom is -0.484 e. The number of fused-ring (bicyclic) bond motifs is 1. The molecule has 4 rings (SSSR count). The molecule has 0 bridgehead atoms. The van der Waals surface area contributed by atoms with Crippen LogP contribution < -0.4 is 20.5 Å². The minimum atomic E-state index is -3.42. The Hall–Kier alpha value is -3.83. The molecule has 11 heteroatoms. The second kappa shape index (κ2) is 10.5. The van der Waals surface area contributed by atoms with Gasteiger partial charge < -0.3 is 20.8 Å². The van der Waals surface area contributed by atoms with Gasteiger partial charge in [-0.15, -0.1) is 0 Å². The standard InChI is InChI=1S/C27H27BrN4O5S/c1-27(2,17-5-4-6-22(12-17)37-15-25(29)33)18-10-19(28)13-21(11-18)30-26(34)24-9-16-7-8-20(14-23(16)31-24)32-38(3,35)36/h4-14,31-32H,15H2,1-3H3,(H2,29,33)(H,30,34). The summed E-state index contributed by atoms with van der Waals surface area (Å²) in [7, 11) is -3.42. The molecular weight excluding hydrogens is 572 g/mol. The minimum absolute atomic E-state index is 0.208. The van der Waals surface area contributed by atoms with E-state index in [1.54, 1.807) is 36.4 Å². The van der Waals surface area contributed by atoms with Gasteiger partial charge in [0, 0.05) is 26.5 Å². The summed E-state index contributed by atoms with van der Waals surface area (Å²) in [6.45, 7) is 3.89. The molecule has 0 unspecified atom stereocenters. The van der Waals surface area contributed by atoms with E-state index in [0.717, 1.165) is 27.2 Å². The number of ether oxygens (including phenoxy) is 1. The van der Waals surface area contributed by atoms with Gasteiger partial charge in [0.15, 0.2) is 6.61 Å². The zero-order chi connectivity index (χ0) is 27.7. The zero-order valence-corrected chi connectivity index (χ0v) is 23.4. The predicted molar refractivity (Wildman–Crippen MR) is 152 cm³/mol. The number of sulfonamides is 1. The van der Waals surface area contributed by atoms with E-state index in [1.165, 1.54) is 0 Å². The number of nitrogens with two attached hydrogens (primary N) is 1.